The second-order valence-electron chi connectivity index (χ2n) is 4.33. The molecule has 0 saturated carbocycles. The zero-order chi connectivity index (χ0) is 15.2. The summed E-state index contributed by atoms with van der Waals surface area (Å²) in [6, 6.07) is 4.64. The lowest BCUT2D eigenvalue weighted by atomic mass is 10.2. The van der Waals surface area contributed by atoms with Crippen LogP contribution in [0.4, 0.5) is 11.4 Å². The Morgan fingerprint density at radius 1 is 1.52 bits per heavy atom. The highest BCUT2D eigenvalue weighted by Crippen LogP contribution is 2.29. The molecule has 0 unspecified atom stereocenters. The normalized spacial score (nSPS) is 10.4. The number of ether oxygens (including phenoxy) is 1. The number of aromatic nitrogens is 2. The number of aliphatic hydroxyl groups excluding tert-OH is 1. The van der Waals surface area contributed by atoms with Gasteiger partial charge in [-0.15, -0.1) is 0 Å². The lowest BCUT2D eigenvalue weighted by molar-refractivity contribution is -0.384. The highest BCUT2D eigenvalue weighted by molar-refractivity contribution is 5.63. The summed E-state index contributed by atoms with van der Waals surface area (Å²) in [5.74, 6) is 0.433. The van der Waals surface area contributed by atoms with Crippen molar-refractivity contribution in [2.45, 2.75) is 13.1 Å². The molecule has 0 bridgehead atoms. The number of methoxy groups -OCH3 is 1. The van der Waals surface area contributed by atoms with Gasteiger partial charge < -0.3 is 15.2 Å². The number of hydrogen-bond donors (Lipinski definition) is 2. The van der Waals surface area contributed by atoms with Crippen molar-refractivity contribution >= 4 is 11.4 Å². The van der Waals surface area contributed by atoms with Gasteiger partial charge in [-0.05, 0) is 12.1 Å². The molecule has 0 aliphatic carbocycles. The van der Waals surface area contributed by atoms with Gasteiger partial charge in [-0.1, -0.05) is 0 Å². The molecular formula is C13H16N4O4. The van der Waals surface area contributed by atoms with Crippen molar-refractivity contribution in [1.29, 1.82) is 0 Å². The molecule has 1 heterocycles. The SMILES string of the molecule is COc1ccc(NCc2cnn(CCO)c2)c([N+](=O)[O-])c1. The van der Waals surface area contributed by atoms with Crippen LogP contribution in [-0.2, 0) is 13.1 Å². The molecule has 1 aromatic carbocycles. The zero-order valence-electron chi connectivity index (χ0n) is 11.5. The van der Waals surface area contributed by atoms with Crippen molar-refractivity contribution in [3.63, 3.8) is 0 Å². The minimum atomic E-state index is -0.458. The Balaban J connectivity index is 2.09. The lowest BCUT2D eigenvalue weighted by Gasteiger charge is -2.07. The van der Waals surface area contributed by atoms with E-state index in [0.717, 1.165) is 5.56 Å². The first-order chi connectivity index (χ1) is 10.1. The summed E-state index contributed by atoms with van der Waals surface area (Å²) in [5.41, 5.74) is 1.24. The predicted molar refractivity (Wildman–Crippen MR) is 76.3 cm³/mol. The van der Waals surface area contributed by atoms with Crippen molar-refractivity contribution in [2.75, 3.05) is 19.0 Å². The summed E-state index contributed by atoms with van der Waals surface area (Å²) in [6.45, 7) is 0.833. The van der Waals surface area contributed by atoms with E-state index in [-0.39, 0.29) is 12.3 Å². The second kappa shape index (κ2) is 6.71. The number of aliphatic hydroxyl groups is 1. The van der Waals surface area contributed by atoms with Gasteiger partial charge >= 0.3 is 0 Å². The minimum Gasteiger partial charge on any atom is -0.496 e. The van der Waals surface area contributed by atoms with E-state index in [1.807, 2.05) is 0 Å². The Morgan fingerprint density at radius 2 is 2.33 bits per heavy atom. The van der Waals surface area contributed by atoms with Crippen LogP contribution in [-0.4, -0.2) is 33.5 Å². The van der Waals surface area contributed by atoms with Crippen molar-refractivity contribution < 1.29 is 14.8 Å². The summed E-state index contributed by atoms with van der Waals surface area (Å²) in [7, 11) is 1.46. The smallest absolute Gasteiger partial charge is 0.296 e. The number of nitrogens with one attached hydrogen (secondary N) is 1. The van der Waals surface area contributed by atoms with Crippen LogP contribution in [0.5, 0.6) is 5.75 Å². The van der Waals surface area contributed by atoms with Crippen molar-refractivity contribution in [2.24, 2.45) is 0 Å². The standard InChI is InChI=1S/C13H16N4O4/c1-21-11-2-3-12(13(6-11)17(19)20)14-7-10-8-15-16(9-10)4-5-18/h2-3,6,8-9,14,18H,4-5,7H2,1H3. The number of benzene rings is 1. The summed E-state index contributed by atoms with van der Waals surface area (Å²) >= 11 is 0. The minimum absolute atomic E-state index is 0.0124. The molecule has 0 aliphatic heterocycles. The molecule has 2 rings (SSSR count). The van der Waals surface area contributed by atoms with Crippen LogP contribution in [0.15, 0.2) is 30.6 Å². The van der Waals surface area contributed by atoms with E-state index >= 15 is 0 Å². The average molecular weight is 292 g/mol. The maximum atomic E-state index is 11.1. The summed E-state index contributed by atoms with van der Waals surface area (Å²) < 4.78 is 6.59. The average Bonchev–Trinajstić information content (AvgIpc) is 2.93. The van der Waals surface area contributed by atoms with E-state index in [4.69, 9.17) is 9.84 Å². The lowest BCUT2D eigenvalue weighted by Crippen LogP contribution is -2.03. The molecule has 0 spiro atoms. The fraction of sp³-hybridized carbons (Fsp3) is 0.308. The molecule has 0 fully saturated rings. The number of hydrogen-bond acceptors (Lipinski definition) is 6. The molecule has 0 amide bonds. The van der Waals surface area contributed by atoms with Crippen LogP contribution in [0.2, 0.25) is 0 Å². The van der Waals surface area contributed by atoms with Gasteiger partial charge in [0.1, 0.15) is 11.4 Å². The quantitative estimate of drug-likeness (QED) is 0.590. The molecule has 0 aliphatic rings. The first kappa shape index (κ1) is 14.8. The van der Waals surface area contributed by atoms with Crippen LogP contribution in [0.25, 0.3) is 0 Å². The fourth-order valence-corrected chi connectivity index (χ4v) is 1.86. The van der Waals surface area contributed by atoms with Crippen LogP contribution in [0.3, 0.4) is 0 Å². The van der Waals surface area contributed by atoms with E-state index in [1.165, 1.54) is 13.2 Å². The third-order valence-electron chi connectivity index (χ3n) is 2.90. The molecule has 2 aromatic rings. The first-order valence-electron chi connectivity index (χ1n) is 6.32. The van der Waals surface area contributed by atoms with Crippen molar-refractivity contribution in [3.8, 4) is 5.75 Å². The second-order valence-corrected chi connectivity index (χ2v) is 4.33. The number of nitro benzene ring substituents is 1. The monoisotopic (exact) mass is 292 g/mol. The van der Waals surface area contributed by atoms with Crippen molar-refractivity contribution in [1.82, 2.24) is 9.78 Å². The third-order valence-corrected chi connectivity index (χ3v) is 2.90. The number of anilines is 1. The van der Waals surface area contributed by atoms with Crippen LogP contribution < -0.4 is 10.1 Å². The van der Waals surface area contributed by atoms with E-state index < -0.39 is 4.92 Å². The molecule has 8 heteroatoms. The maximum Gasteiger partial charge on any atom is 0.296 e. The molecule has 0 atom stereocenters. The van der Waals surface area contributed by atoms with Gasteiger partial charge in [0.05, 0.1) is 37.4 Å². The topological polar surface area (TPSA) is 102 Å². The predicted octanol–water partition coefficient (Wildman–Crippen LogP) is 1.40. The van der Waals surface area contributed by atoms with E-state index in [1.54, 1.807) is 29.2 Å². The third kappa shape index (κ3) is 3.69. The Kier molecular flexibility index (Phi) is 4.72. The van der Waals surface area contributed by atoms with E-state index in [0.29, 0.717) is 24.5 Å². The molecule has 0 radical (unpaired) electrons. The summed E-state index contributed by atoms with van der Waals surface area (Å²) in [6.07, 6.45) is 3.43. The largest absolute Gasteiger partial charge is 0.496 e. The van der Waals surface area contributed by atoms with Gasteiger partial charge in [-0.25, -0.2) is 0 Å². The molecule has 8 nitrogen and oxygen atoms in total. The number of nitrogens with zero attached hydrogens (tertiary/aromatic N) is 3. The van der Waals surface area contributed by atoms with Gasteiger partial charge in [0, 0.05) is 18.3 Å². The van der Waals surface area contributed by atoms with E-state index in [2.05, 4.69) is 10.4 Å². The van der Waals surface area contributed by atoms with Crippen LogP contribution in [0, 0.1) is 10.1 Å². The Hall–Kier alpha value is -2.61. The molecule has 112 valence electrons. The Labute approximate surface area is 121 Å². The van der Waals surface area contributed by atoms with Crippen LogP contribution >= 0.6 is 0 Å². The zero-order valence-corrected chi connectivity index (χ0v) is 11.5. The van der Waals surface area contributed by atoms with E-state index in [9.17, 15) is 10.1 Å². The van der Waals surface area contributed by atoms with Crippen LogP contribution in [0.1, 0.15) is 5.56 Å². The summed E-state index contributed by atoms with van der Waals surface area (Å²) in [5, 5.41) is 26.9. The van der Waals surface area contributed by atoms with Gasteiger partial charge in [0.25, 0.3) is 5.69 Å². The van der Waals surface area contributed by atoms with Crippen molar-refractivity contribution in [3.05, 3.63) is 46.3 Å². The molecule has 1 aromatic heterocycles. The number of rotatable bonds is 7. The maximum absolute atomic E-state index is 11.1. The van der Waals surface area contributed by atoms with Gasteiger partial charge in [-0.3, -0.25) is 14.8 Å². The highest BCUT2D eigenvalue weighted by Gasteiger charge is 2.15. The molecular weight excluding hydrogens is 276 g/mol. The molecule has 21 heavy (non-hydrogen) atoms. The molecule has 2 N–H and O–H groups in total. The summed E-state index contributed by atoms with van der Waals surface area (Å²) in [4.78, 5) is 10.6. The Bertz CT molecular complexity index is 626. The number of nitro groups is 1. The Morgan fingerprint density at radius 3 is 3.00 bits per heavy atom. The highest BCUT2D eigenvalue weighted by atomic mass is 16.6. The molecule has 0 saturated heterocycles. The first-order valence-corrected chi connectivity index (χ1v) is 6.32. The van der Waals surface area contributed by atoms with Gasteiger partial charge in [0.15, 0.2) is 0 Å². The van der Waals surface area contributed by atoms with Gasteiger partial charge in [-0.2, -0.15) is 5.10 Å². The fourth-order valence-electron chi connectivity index (χ4n) is 1.86. The van der Waals surface area contributed by atoms with Gasteiger partial charge in [0.2, 0.25) is 0 Å².